The number of pyridine rings is 1. The number of rotatable bonds is 7. The lowest BCUT2D eigenvalue weighted by molar-refractivity contribution is 0.0868. The number of nitrogens with two attached hydrogens (primary N) is 1. The molecule has 0 bridgehead atoms. The van der Waals surface area contributed by atoms with Crippen LogP contribution >= 0.6 is 0 Å². The summed E-state index contributed by atoms with van der Waals surface area (Å²) >= 11 is 0. The zero-order valence-electron chi connectivity index (χ0n) is 19.3. The summed E-state index contributed by atoms with van der Waals surface area (Å²) in [4.78, 5) is 19.7. The van der Waals surface area contributed by atoms with Gasteiger partial charge in [0, 0.05) is 50.0 Å². The number of ether oxygens (including phenoxy) is 1. The molecule has 2 saturated carbocycles. The first-order chi connectivity index (χ1) is 16.0. The molecule has 0 radical (unpaired) electrons. The number of aliphatic hydroxyl groups is 1. The van der Waals surface area contributed by atoms with Crippen LogP contribution in [-0.4, -0.2) is 66.4 Å². The highest BCUT2D eigenvalue weighted by Gasteiger charge is 2.60. The molecule has 0 unspecified atom stereocenters. The largest absolute Gasteiger partial charge is 0.393 e. The van der Waals surface area contributed by atoms with Gasteiger partial charge in [-0.05, 0) is 55.2 Å². The fourth-order valence-corrected chi connectivity index (χ4v) is 5.72. The number of nitrogens with one attached hydrogen (secondary N) is 1. The minimum atomic E-state index is -0.251. The lowest BCUT2D eigenvalue weighted by Gasteiger charge is -2.26. The van der Waals surface area contributed by atoms with Gasteiger partial charge in [0.15, 0.2) is 0 Å². The van der Waals surface area contributed by atoms with Gasteiger partial charge in [-0.2, -0.15) is 0 Å². The Labute approximate surface area is 195 Å². The number of aromatic nitrogens is 1. The highest BCUT2D eigenvalue weighted by molar-refractivity contribution is 5.99. The molecule has 1 amide bonds. The SMILES string of the molecule is COCCN1C[C@@H]2C[C@]2(c2ccc(-c3cnc(N)c(C(=O)N[C@H]4CC[C@H](O)CC4)c3)cc2)C1. The average Bonchev–Trinajstić information content (AvgIpc) is 3.40. The molecular formula is C26H34N4O3. The molecule has 0 spiro atoms. The zero-order valence-corrected chi connectivity index (χ0v) is 19.3. The first-order valence-electron chi connectivity index (χ1n) is 12.0. The van der Waals surface area contributed by atoms with Crippen molar-refractivity contribution in [1.29, 1.82) is 0 Å². The monoisotopic (exact) mass is 450 g/mol. The van der Waals surface area contributed by atoms with Gasteiger partial charge in [0.25, 0.3) is 5.91 Å². The summed E-state index contributed by atoms with van der Waals surface area (Å²) in [6, 6.07) is 10.6. The molecule has 1 saturated heterocycles. The number of piperidine rings is 1. The minimum absolute atomic E-state index is 0.0730. The number of anilines is 1. The highest BCUT2D eigenvalue weighted by atomic mass is 16.5. The van der Waals surface area contributed by atoms with Crippen LogP contribution in [0.25, 0.3) is 11.1 Å². The summed E-state index contributed by atoms with van der Waals surface area (Å²) in [6.07, 6.45) is 5.76. The normalized spacial score (nSPS) is 29.0. The van der Waals surface area contributed by atoms with Crippen LogP contribution in [0.4, 0.5) is 5.82 Å². The second-order valence-electron chi connectivity index (χ2n) is 10.00. The number of amides is 1. The third kappa shape index (κ3) is 4.50. The van der Waals surface area contributed by atoms with Crippen LogP contribution < -0.4 is 11.1 Å². The van der Waals surface area contributed by atoms with Crippen LogP contribution in [0, 0.1) is 5.92 Å². The number of aliphatic hydroxyl groups excluding tert-OH is 1. The Bertz CT molecular complexity index is 1000. The number of carbonyl (C=O) groups excluding carboxylic acids is 1. The molecule has 176 valence electrons. The number of hydrogen-bond donors (Lipinski definition) is 3. The fraction of sp³-hybridized carbons (Fsp3) is 0.538. The number of likely N-dealkylation sites (tertiary alicyclic amines) is 1. The average molecular weight is 451 g/mol. The number of benzene rings is 1. The maximum absolute atomic E-state index is 12.9. The second kappa shape index (κ2) is 9.05. The van der Waals surface area contributed by atoms with E-state index >= 15 is 0 Å². The zero-order chi connectivity index (χ0) is 23.0. The predicted molar refractivity (Wildman–Crippen MR) is 128 cm³/mol. The third-order valence-electron chi connectivity index (χ3n) is 7.82. The first-order valence-corrected chi connectivity index (χ1v) is 12.0. The van der Waals surface area contributed by atoms with Crippen molar-refractivity contribution in [2.45, 2.75) is 49.7 Å². The van der Waals surface area contributed by atoms with Crippen molar-refractivity contribution in [1.82, 2.24) is 15.2 Å². The van der Waals surface area contributed by atoms with Crippen LogP contribution in [-0.2, 0) is 10.2 Å². The summed E-state index contributed by atoms with van der Waals surface area (Å²) in [6.45, 7) is 4.04. The predicted octanol–water partition coefficient (Wildman–Crippen LogP) is 2.58. The second-order valence-corrected chi connectivity index (χ2v) is 10.00. The molecule has 1 aromatic carbocycles. The van der Waals surface area contributed by atoms with E-state index in [2.05, 4.69) is 39.5 Å². The molecule has 7 heteroatoms. The van der Waals surface area contributed by atoms with E-state index in [-0.39, 0.29) is 23.9 Å². The van der Waals surface area contributed by atoms with Crippen molar-refractivity contribution in [2.75, 3.05) is 39.1 Å². The minimum Gasteiger partial charge on any atom is -0.393 e. The lowest BCUT2D eigenvalue weighted by atomic mass is 9.92. The maximum Gasteiger partial charge on any atom is 0.255 e. The van der Waals surface area contributed by atoms with E-state index < -0.39 is 0 Å². The van der Waals surface area contributed by atoms with E-state index in [1.807, 2.05) is 6.07 Å². The van der Waals surface area contributed by atoms with Gasteiger partial charge in [-0.3, -0.25) is 9.69 Å². The van der Waals surface area contributed by atoms with Crippen molar-refractivity contribution in [3.8, 4) is 11.1 Å². The molecule has 2 aromatic rings. The van der Waals surface area contributed by atoms with Gasteiger partial charge in [-0.15, -0.1) is 0 Å². The molecule has 3 aliphatic rings. The van der Waals surface area contributed by atoms with Crippen LogP contribution in [0.5, 0.6) is 0 Å². The van der Waals surface area contributed by atoms with E-state index in [0.717, 1.165) is 69.0 Å². The van der Waals surface area contributed by atoms with Crippen LogP contribution in [0.15, 0.2) is 36.5 Å². The van der Waals surface area contributed by atoms with E-state index in [9.17, 15) is 9.90 Å². The molecule has 5 rings (SSSR count). The van der Waals surface area contributed by atoms with Crippen molar-refractivity contribution in [3.63, 3.8) is 0 Å². The van der Waals surface area contributed by atoms with Gasteiger partial charge in [0.2, 0.25) is 0 Å². The molecule has 1 aromatic heterocycles. The van der Waals surface area contributed by atoms with Crippen molar-refractivity contribution in [2.24, 2.45) is 5.92 Å². The molecule has 1 aliphatic heterocycles. The Morgan fingerprint density at radius 1 is 1.24 bits per heavy atom. The Balaban J connectivity index is 1.28. The van der Waals surface area contributed by atoms with Gasteiger partial charge in [-0.25, -0.2) is 4.98 Å². The summed E-state index contributed by atoms with van der Waals surface area (Å²) < 4.78 is 5.24. The van der Waals surface area contributed by atoms with Gasteiger partial charge in [0.05, 0.1) is 18.3 Å². The Morgan fingerprint density at radius 3 is 2.73 bits per heavy atom. The van der Waals surface area contributed by atoms with Gasteiger partial charge < -0.3 is 20.9 Å². The number of methoxy groups -OCH3 is 1. The summed E-state index contributed by atoms with van der Waals surface area (Å²) in [5.74, 6) is 0.793. The Kier molecular flexibility index (Phi) is 6.12. The highest BCUT2D eigenvalue weighted by Crippen LogP contribution is 2.59. The summed E-state index contributed by atoms with van der Waals surface area (Å²) in [5, 5.41) is 12.8. The van der Waals surface area contributed by atoms with Gasteiger partial charge in [-0.1, -0.05) is 24.3 Å². The quantitative estimate of drug-likeness (QED) is 0.600. The van der Waals surface area contributed by atoms with Crippen LogP contribution in [0.3, 0.4) is 0 Å². The van der Waals surface area contributed by atoms with E-state index in [1.165, 1.54) is 12.0 Å². The Hall–Kier alpha value is -2.48. The van der Waals surface area contributed by atoms with E-state index in [1.54, 1.807) is 13.3 Å². The fourth-order valence-electron chi connectivity index (χ4n) is 5.72. The number of fused-ring (bicyclic) bond motifs is 1. The maximum atomic E-state index is 12.9. The number of nitrogen functional groups attached to an aromatic ring is 1. The lowest BCUT2D eigenvalue weighted by Crippen LogP contribution is -2.38. The van der Waals surface area contributed by atoms with Crippen LogP contribution in [0.2, 0.25) is 0 Å². The number of hydrogen-bond acceptors (Lipinski definition) is 6. The van der Waals surface area contributed by atoms with Crippen LogP contribution in [0.1, 0.15) is 48.0 Å². The molecule has 33 heavy (non-hydrogen) atoms. The smallest absolute Gasteiger partial charge is 0.255 e. The van der Waals surface area contributed by atoms with Crippen molar-refractivity contribution in [3.05, 3.63) is 47.7 Å². The number of carbonyl (C=O) groups is 1. The molecule has 2 aliphatic carbocycles. The Morgan fingerprint density at radius 2 is 2.00 bits per heavy atom. The van der Waals surface area contributed by atoms with Crippen molar-refractivity contribution >= 4 is 11.7 Å². The van der Waals surface area contributed by atoms with E-state index in [4.69, 9.17) is 10.5 Å². The molecule has 3 fully saturated rings. The molecule has 7 nitrogen and oxygen atoms in total. The summed E-state index contributed by atoms with van der Waals surface area (Å²) in [7, 11) is 1.76. The third-order valence-corrected chi connectivity index (χ3v) is 7.82. The summed E-state index contributed by atoms with van der Waals surface area (Å²) in [5.41, 5.74) is 10.1. The number of nitrogens with zero attached hydrogens (tertiary/aromatic N) is 2. The topological polar surface area (TPSA) is 101 Å². The van der Waals surface area contributed by atoms with Crippen molar-refractivity contribution < 1.29 is 14.6 Å². The van der Waals surface area contributed by atoms with E-state index in [0.29, 0.717) is 11.0 Å². The first kappa shape index (κ1) is 22.3. The molecule has 2 heterocycles. The molecule has 4 N–H and O–H groups in total. The van der Waals surface area contributed by atoms with Gasteiger partial charge >= 0.3 is 0 Å². The standard InChI is InChI=1S/C26H34N4O3/c1-33-11-10-30-15-20-13-26(20,16-30)19-4-2-17(3-5-19)18-12-23(24(27)28-14-18)25(32)29-21-6-8-22(31)9-7-21/h2-5,12,14,20-22,31H,6-11,13,15-16H2,1H3,(H2,27,28)(H,29,32)/t20-,21-,22-,26+/m0/s1. The van der Waals surface area contributed by atoms with Gasteiger partial charge in [0.1, 0.15) is 5.82 Å². The molecule has 2 atom stereocenters. The molecular weight excluding hydrogens is 416 g/mol.